The fourth-order valence-corrected chi connectivity index (χ4v) is 5.11. The van der Waals surface area contributed by atoms with Gasteiger partial charge in [0.15, 0.2) is 11.6 Å². The molecule has 2 amide bonds. The molecule has 6 rings (SSSR count). The van der Waals surface area contributed by atoms with Crippen LogP contribution >= 0.6 is 15.9 Å². The molecule has 4 aromatic heterocycles. The van der Waals surface area contributed by atoms with E-state index in [2.05, 4.69) is 58.2 Å². The number of primary amides is 2. The molecule has 0 spiro atoms. The van der Waals surface area contributed by atoms with Crippen LogP contribution in [0.25, 0.3) is 40.7 Å². The molecule has 6 N–H and O–H groups in total. The minimum Gasteiger partial charge on any atom is -0.423 e. The van der Waals surface area contributed by atoms with Gasteiger partial charge in [0.2, 0.25) is 11.9 Å². The number of benzene rings is 2. The van der Waals surface area contributed by atoms with Gasteiger partial charge in [-0.05, 0) is 86.1 Å². The second kappa shape index (κ2) is 18.5. The number of hydrogen-bond donors (Lipinski definition) is 4. The third kappa shape index (κ3) is 11.4. The van der Waals surface area contributed by atoms with Gasteiger partial charge in [0.25, 0.3) is 11.8 Å². The van der Waals surface area contributed by atoms with Crippen LogP contribution in [0.4, 0.5) is 8.78 Å². The first-order valence-corrected chi connectivity index (χ1v) is 16.7. The Bertz CT molecular complexity index is 2310. The highest BCUT2D eigenvalue weighted by Crippen LogP contribution is 2.21. The smallest absolute Gasteiger partial charge is 0.423 e. The summed E-state index contributed by atoms with van der Waals surface area (Å²) in [4.78, 5) is 37.8. The van der Waals surface area contributed by atoms with E-state index in [-0.39, 0.29) is 21.1 Å². The number of aryl methyl sites for hydroxylation is 4. The molecular weight excluding hydrogens is 765 g/mol. The Kier molecular flexibility index (Phi) is 13.9. The van der Waals surface area contributed by atoms with E-state index in [4.69, 9.17) is 21.5 Å². The van der Waals surface area contributed by atoms with Crippen molar-refractivity contribution >= 4 is 58.3 Å². The Morgan fingerprint density at radius 3 is 1.57 bits per heavy atom. The van der Waals surface area contributed by atoms with Crippen LogP contribution in [0.5, 0.6) is 0 Å². The van der Waals surface area contributed by atoms with Crippen molar-refractivity contribution in [2.75, 3.05) is 0 Å². The van der Waals surface area contributed by atoms with E-state index in [0.717, 1.165) is 33.4 Å². The van der Waals surface area contributed by atoms with E-state index < -0.39 is 30.8 Å². The quantitative estimate of drug-likeness (QED) is 0.0995. The van der Waals surface area contributed by atoms with Crippen molar-refractivity contribution < 1.29 is 28.4 Å². The van der Waals surface area contributed by atoms with Gasteiger partial charge in [-0.1, -0.05) is 40.5 Å². The number of amides is 2. The predicted molar refractivity (Wildman–Crippen MR) is 204 cm³/mol. The summed E-state index contributed by atoms with van der Waals surface area (Å²) in [6, 6.07) is 17.7. The summed E-state index contributed by atoms with van der Waals surface area (Å²) < 4.78 is 29.3. The molecule has 0 aliphatic heterocycles. The number of carbonyl (C=O) groups excluding carboxylic acids is 2. The highest BCUT2D eigenvalue weighted by Gasteiger charge is 2.16. The third-order valence-electron chi connectivity index (χ3n) is 7.10. The Hall–Kier alpha value is -6.24. The Balaban J connectivity index is 0.000000197. The molecule has 0 saturated heterocycles. The Morgan fingerprint density at radius 2 is 1.17 bits per heavy atom. The van der Waals surface area contributed by atoms with Gasteiger partial charge in [-0.3, -0.25) is 9.59 Å². The first kappa shape index (κ1) is 40.5. The number of hydrogen-bond acceptors (Lipinski definition) is 10. The van der Waals surface area contributed by atoms with E-state index in [1.54, 1.807) is 0 Å². The minimum absolute atomic E-state index is 0.0125. The van der Waals surface area contributed by atoms with Gasteiger partial charge < -0.3 is 21.5 Å². The van der Waals surface area contributed by atoms with Crippen LogP contribution < -0.4 is 16.9 Å². The van der Waals surface area contributed by atoms with Gasteiger partial charge in [-0.15, -0.1) is 10.2 Å². The number of halogens is 3. The van der Waals surface area contributed by atoms with Crippen LogP contribution in [-0.4, -0.2) is 68.5 Å². The maximum Gasteiger partial charge on any atom is 0.493 e. The number of nitrogens with zero attached hydrogens (tertiary/aromatic N) is 8. The Morgan fingerprint density at radius 1 is 0.704 bits per heavy atom. The number of pyridine rings is 2. The van der Waals surface area contributed by atoms with Crippen LogP contribution in [0.1, 0.15) is 27.8 Å². The van der Waals surface area contributed by atoms with Crippen molar-refractivity contribution in [2.45, 2.75) is 27.7 Å². The summed E-state index contributed by atoms with van der Waals surface area (Å²) in [5.41, 5.74) is 16.6. The minimum atomic E-state index is -1.78. The van der Waals surface area contributed by atoms with Gasteiger partial charge in [0.05, 0.1) is 11.8 Å². The molecule has 0 atom stereocenters. The molecular formula is C36H34BBrF2N10O4. The monoisotopic (exact) mass is 798 g/mol. The van der Waals surface area contributed by atoms with Gasteiger partial charge in [0.1, 0.15) is 17.1 Å². The van der Waals surface area contributed by atoms with Crippen LogP contribution in [0.15, 0.2) is 90.2 Å². The van der Waals surface area contributed by atoms with Gasteiger partial charge in [-0.25, -0.2) is 29.3 Å². The molecule has 14 nitrogen and oxygen atoms in total. The zero-order valence-corrected chi connectivity index (χ0v) is 31.0. The van der Waals surface area contributed by atoms with Crippen molar-refractivity contribution in [3.8, 4) is 22.8 Å². The lowest BCUT2D eigenvalue weighted by atomic mass is 9.81. The second-order valence-electron chi connectivity index (χ2n) is 11.7. The van der Waals surface area contributed by atoms with Crippen LogP contribution in [0, 0.1) is 39.6 Å². The lowest BCUT2D eigenvalue weighted by Crippen LogP contribution is -2.33. The molecule has 54 heavy (non-hydrogen) atoms. The maximum absolute atomic E-state index is 13.9. The summed E-state index contributed by atoms with van der Waals surface area (Å²) in [5, 5.41) is 25.6. The summed E-state index contributed by atoms with van der Waals surface area (Å²) in [6.45, 7) is 8.03. The van der Waals surface area contributed by atoms with Crippen LogP contribution in [-0.2, 0) is 9.59 Å². The van der Waals surface area contributed by atoms with Crippen molar-refractivity contribution in [3.63, 3.8) is 0 Å². The third-order valence-corrected chi connectivity index (χ3v) is 7.70. The predicted octanol–water partition coefficient (Wildman–Crippen LogP) is 3.72. The summed E-state index contributed by atoms with van der Waals surface area (Å²) in [5.74, 6) is -1.86. The topological polar surface area (TPSA) is 214 Å². The molecule has 0 unspecified atom stereocenters. The van der Waals surface area contributed by atoms with Crippen molar-refractivity contribution in [1.29, 1.82) is 0 Å². The fraction of sp³-hybridized carbons (Fsp3) is 0.111. The van der Waals surface area contributed by atoms with Crippen LogP contribution in [0.3, 0.4) is 0 Å². The zero-order chi connectivity index (χ0) is 39.5. The van der Waals surface area contributed by atoms with Gasteiger partial charge in [-0.2, -0.15) is 8.78 Å². The SMILES string of the molecule is Cc1cc(C)cc(-c2ncn(/C=C(/Br)C(N)=O)n2)c1.Cc1cc(C)cc(-c2ncn(/C=C(\C(N)=O)c3cccnc3F)n2)c1.OB(O)c1cccnc1F. The average molecular weight is 799 g/mol. The highest BCUT2D eigenvalue weighted by molar-refractivity contribution is 9.12. The first-order chi connectivity index (χ1) is 25.6. The van der Waals surface area contributed by atoms with Crippen LogP contribution in [0.2, 0.25) is 0 Å². The highest BCUT2D eigenvalue weighted by atomic mass is 79.9. The molecule has 0 bridgehead atoms. The number of aromatic nitrogens is 8. The fourth-order valence-electron chi connectivity index (χ4n) is 4.90. The summed E-state index contributed by atoms with van der Waals surface area (Å²) in [7, 11) is -1.78. The maximum atomic E-state index is 13.9. The number of nitrogens with two attached hydrogens (primary N) is 2. The average Bonchev–Trinajstić information content (AvgIpc) is 3.78. The van der Waals surface area contributed by atoms with Crippen molar-refractivity contribution in [3.05, 3.63) is 130 Å². The van der Waals surface area contributed by atoms with Gasteiger partial charge >= 0.3 is 7.12 Å². The largest absolute Gasteiger partial charge is 0.493 e. The van der Waals surface area contributed by atoms with E-state index in [1.165, 1.54) is 71.1 Å². The number of carbonyl (C=O) groups is 2. The van der Waals surface area contributed by atoms with E-state index in [0.29, 0.717) is 11.6 Å². The molecule has 0 saturated carbocycles. The molecule has 0 fully saturated rings. The lowest BCUT2D eigenvalue weighted by Gasteiger charge is -2.04. The lowest BCUT2D eigenvalue weighted by molar-refractivity contribution is -0.114. The van der Waals surface area contributed by atoms with Crippen molar-refractivity contribution in [1.82, 2.24) is 39.5 Å². The molecule has 18 heteroatoms. The molecule has 2 aromatic carbocycles. The Labute approximate surface area is 317 Å². The molecule has 276 valence electrons. The second-order valence-corrected chi connectivity index (χ2v) is 12.6. The molecule has 0 aliphatic rings. The standard InChI is InChI=1S/C18H16FN5O.C13H13BrN4O.C5H5BFNO2/c1-11-6-12(2)8-13(7-11)18-22-10-24(23-18)9-15(17(20)25)14-4-3-5-21-16(14)19;1-8-3-9(2)5-10(4-8)13-16-7-18(17-13)6-11(14)12(15)19;7-5-4(6(9)10)2-1-3-8-5/h3-10H,1-2H3,(H2,20,25);3-7H,1-2H3,(H2,15,19);1-3,9-10H/b15-9-;11-6+;. The first-order valence-electron chi connectivity index (χ1n) is 15.9. The van der Waals surface area contributed by atoms with Crippen molar-refractivity contribution in [2.24, 2.45) is 11.5 Å². The van der Waals surface area contributed by atoms with Gasteiger partial charge in [0, 0.05) is 40.7 Å². The number of rotatable bonds is 8. The summed E-state index contributed by atoms with van der Waals surface area (Å²) >= 11 is 3.07. The zero-order valence-electron chi connectivity index (χ0n) is 29.4. The molecule has 6 aromatic rings. The molecule has 4 heterocycles. The molecule has 0 aliphatic carbocycles. The van der Waals surface area contributed by atoms with E-state index in [9.17, 15) is 18.4 Å². The molecule has 0 radical (unpaired) electrons. The summed E-state index contributed by atoms with van der Waals surface area (Å²) in [6.07, 6.45) is 8.30. The van der Waals surface area contributed by atoms with E-state index >= 15 is 0 Å². The normalized spacial score (nSPS) is 11.2. The van der Waals surface area contributed by atoms with E-state index in [1.807, 2.05) is 52.0 Å².